The zero-order valence-electron chi connectivity index (χ0n) is 10.5. The van der Waals surface area contributed by atoms with Gasteiger partial charge in [0, 0.05) is 11.1 Å². The zero-order valence-corrected chi connectivity index (χ0v) is 10.5. The lowest BCUT2D eigenvalue weighted by Crippen LogP contribution is -2.22. The lowest BCUT2D eigenvalue weighted by Gasteiger charge is -2.23. The number of hydrogen-bond donors (Lipinski definition) is 0. The number of carbonyl (C=O) groups excluding carboxylic acids is 2. The summed E-state index contributed by atoms with van der Waals surface area (Å²) in [6.45, 7) is 0. The number of carbonyl (C=O) groups is 2. The minimum absolute atomic E-state index is 0.215. The average Bonchev–Trinajstić information content (AvgIpc) is 3.06. The van der Waals surface area contributed by atoms with E-state index in [2.05, 4.69) is 0 Å². The molecule has 4 atom stereocenters. The van der Waals surface area contributed by atoms with Crippen molar-refractivity contribution in [1.29, 1.82) is 0 Å². The number of methoxy groups -OCH3 is 2. The van der Waals surface area contributed by atoms with Crippen LogP contribution in [0.25, 0.3) is 0 Å². The first-order chi connectivity index (χ1) is 8.65. The maximum Gasteiger partial charge on any atom is 0.333 e. The van der Waals surface area contributed by atoms with Gasteiger partial charge in [0.1, 0.15) is 0 Å². The summed E-state index contributed by atoms with van der Waals surface area (Å²) < 4.78 is 9.58. The molecule has 0 amide bonds. The second-order valence-corrected chi connectivity index (χ2v) is 5.25. The molecule has 0 saturated heterocycles. The number of rotatable bonds is 2. The second kappa shape index (κ2) is 3.97. The Labute approximate surface area is 106 Å². The van der Waals surface area contributed by atoms with E-state index in [0.29, 0.717) is 17.8 Å². The summed E-state index contributed by atoms with van der Waals surface area (Å²) in [6.07, 6.45) is 5.83. The van der Waals surface area contributed by atoms with Crippen molar-refractivity contribution < 1.29 is 19.1 Å². The van der Waals surface area contributed by atoms with Crippen LogP contribution in [-0.4, -0.2) is 26.2 Å². The van der Waals surface area contributed by atoms with E-state index in [-0.39, 0.29) is 17.9 Å². The van der Waals surface area contributed by atoms with Crippen LogP contribution in [-0.2, 0) is 19.1 Å². The third-order valence-electron chi connectivity index (χ3n) is 4.54. The van der Waals surface area contributed by atoms with E-state index in [1.165, 1.54) is 14.2 Å². The smallest absolute Gasteiger partial charge is 0.333 e. The first-order valence-corrected chi connectivity index (χ1v) is 6.24. The van der Waals surface area contributed by atoms with Crippen molar-refractivity contribution in [2.24, 2.45) is 23.7 Å². The lowest BCUT2D eigenvalue weighted by molar-refractivity contribution is -0.137. The van der Waals surface area contributed by atoms with Crippen molar-refractivity contribution in [2.75, 3.05) is 14.2 Å². The average molecular weight is 248 g/mol. The van der Waals surface area contributed by atoms with Crippen LogP contribution in [0.3, 0.4) is 0 Å². The molecule has 0 aromatic rings. The maximum absolute atomic E-state index is 11.7. The van der Waals surface area contributed by atoms with Gasteiger partial charge < -0.3 is 9.47 Å². The molecular weight excluding hydrogens is 232 g/mol. The van der Waals surface area contributed by atoms with Crippen LogP contribution in [0.15, 0.2) is 23.3 Å². The Morgan fingerprint density at radius 2 is 1.89 bits per heavy atom. The van der Waals surface area contributed by atoms with Crippen LogP contribution in [0.2, 0.25) is 0 Å². The molecule has 0 N–H and O–H groups in total. The van der Waals surface area contributed by atoms with Crippen LogP contribution in [0, 0.1) is 23.7 Å². The third-order valence-corrected chi connectivity index (χ3v) is 4.54. The lowest BCUT2D eigenvalue weighted by atomic mass is 9.81. The molecule has 0 aliphatic heterocycles. The van der Waals surface area contributed by atoms with Gasteiger partial charge >= 0.3 is 11.9 Å². The molecule has 4 unspecified atom stereocenters. The number of hydrogen-bond acceptors (Lipinski definition) is 4. The third kappa shape index (κ3) is 1.44. The minimum atomic E-state index is -0.233. The largest absolute Gasteiger partial charge is 0.466 e. The van der Waals surface area contributed by atoms with Gasteiger partial charge in [-0.25, -0.2) is 9.59 Å². The summed E-state index contributed by atoms with van der Waals surface area (Å²) in [5, 5.41) is 0. The molecule has 0 aromatic carbocycles. The SMILES string of the molecule is COC(=O)C1=CC2C3C=C(C(=O)OC)C(C3)C2C1. The highest BCUT2D eigenvalue weighted by Crippen LogP contribution is 2.57. The molecule has 0 aromatic heterocycles. The van der Waals surface area contributed by atoms with Gasteiger partial charge in [0.15, 0.2) is 0 Å². The fourth-order valence-corrected chi connectivity index (χ4v) is 3.80. The Balaban J connectivity index is 1.81. The quantitative estimate of drug-likeness (QED) is 0.694. The number of fused-ring (bicyclic) bond motifs is 5. The van der Waals surface area contributed by atoms with Gasteiger partial charge in [-0.15, -0.1) is 0 Å². The van der Waals surface area contributed by atoms with E-state index in [4.69, 9.17) is 9.47 Å². The number of allylic oxidation sites excluding steroid dienone is 2. The van der Waals surface area contributed by atoms with Gasteiger partial charge in [-0.2, -0.15) is 0 Å². The Bertz CT molecular complexity index is 474. The first kappa shape index (κ1) is 11.5. The topological polar surface area (TPSA) is 52.6 Å². The predicted molar refractivity (Wildman–Crippen MR) is 63.4 cm³/mol. The zero-order chi connectivity index (χ0) is 12.9. The van der Waals surface area contributed by atoms with E-state index in [1.807, 2.05) is 12.2 Å². The van der Waals surface area contributed by atoms with Crippen LogP contribution < -0.4 is 0 Å². The van der Waals surface area contributed by atoms with Crippen LogP contribution in [0.4, 0.5) is 0 Å². The molecule has 3 aliphatic rings. The standard InChI is InChI=1S/C14H16O4/c1-17-13(15)8-5-9-7-3-11(10(9)6-8)12(4-7)14(16)18-2/h4-5,7,9-11H,3,6H2,1-2H3. The predicted octanol–water partition coefficient (Wildman–Crippen LogP) is 1.47. The fourth-order valence-electron chi connectivity index (χ4n) is 3.80. The van der Waals surface area contributed by atoms with Gasteiger partial charge in [-0.05, 0) is 36.5 Å². The molecule has 0 heterocycles. The highest BCUT2D eigenvalue weighted by molar-refractivity contribution is 5.91. The molecule has 96 valence electrons. The van der Waals surface area contributed by atoms with Gasteiger partial charge in [0.2, 0.25) is 0 Å². The summed E-state index contributed by atoms with van der Waals surface area (Å²) in [5.74, 6) is 0.971. The number of ether oxygens (including phenoxy) is 2. The highest BCUT2D eigenvalue weighted by Gasteiger charge is 2.52. The van der Waals surface area contributed by atoms with Gasteiger partial charge in [0.05, 0.1) is 14.2 Å². The fraction of sp³-hybridized carbons (Fsp3) is 0.571. The van der Waals surface area contributed by atoms with Crippen molar-refractivity contribution in [1.82, 2.24) is 0 Å². The summed E-state index contributed by atoms with van der Waals surface area (Å²) >= 11 is 0. The summed E-state index contributed by atoms with van der Waals surface area (Å²) in [4.78, 5) is 23.2. The Morgan fingerprint density at radius 1 is 1.17 bits per heavy atom. The first-order valence-electron chi connectivity index (χ1n) is 6.24. The summed E-state index contributed by atoms with van der Waals surface area (Å²) in [6, 6.07) is 0. The Hall–Kier alpha value is -1.58. The van der Waals surface area contributed by atoms with Crippen LogP contribution in [0.1, 0.15) is 12.8 Å². The normalized spacial score (nSPS) is 35.9. The van der Waals surface area contributed by atoms with Gasteiger partial charge in [-0.3, -0.25) is 0 Å². The minimum Gasteiger partial charge on any atom is -0.466 e. The molecular formula is C14H16O4. The second-order valence-electron chi connectivity index (χ2n) is 5.25. The molecule has 3 aliphatic carbocycles. The maximum atomic E-state index is 11.7. The Morgan fingerprint density at radius 3 is 2.56 bits per heavy atom. The molecule has 1 saturated carbocycles. The molecule has 4 nitrogen and oxygen atoms in total. The molecule has 1 fully saturated rings. The van der Waals surface area contributed by atoms with Crippen molar-refractivity contribution in [3.63, 3.8) is 0 Å². The number of esters is 2. The van der Waals surface area contributed by atoms with E-state index in [9.17, 15) is 9.59 Å². The van der Waals surface area contributed by atoms with E-state index in [0.717, 1.165) is 24.0 Å². The van der Waals surface area contributed by atoms with E-state index >= 15 is 0 Å². The molecule has 0 radical (unpaired) electrons. The Kier molecular flexibility index (Phi) is 2.54. The van der Waals surface area contributed by atoms with Gasteiger partial charge in [-0.1, -0.05) is 12.2 Å². The van der Waals surface area contributed by atoms with Gasteiger partial charge in [0.25, 0.3) is 0 Å². The van der Waals surface area contributed by atoms with E-state index in [1.54, 1.807) is 0 Å². The summed E-state index contributed by atoms with van der Waals surface area (Å²) in [7, 11) is 2.82. The van der Waals surface area contributed by atoms with Crippen molar-refractivity contribution in [2.45, 2.75) is 12.8 Å². The molecule has 2 bridgehead atoms. The summed E-state index contributed by atoms with van der Waals surface area (Å²) in [5.41, 5.74) is 1.57. The van der Waals surface area contributed by atoms with E-state index < -0.39 is 0 Å². The molecule has 18 heavy (non-hydrogen) atoms. The van der Waals surface area contributed by atoms with Crippen LogP contribution in [0.5, 0.6) is 0 Å². The van der Waals surface area contributed by atoms with Crippen LogP contribution >= 0.6 is 0 Å². The van der Waals surface area contributed by atoms with Crippen molar-refractivity contribution in [3.8, 4) is 0 Å². The molecule has 3 rings (SSSR count). The van der Waals surface area contributed by atoms with Crippen molar-refractivity contribution >= 4 is 11.9 Å². The van der Waals surface area contributed by atoms with Crippen molar-refractivity contribution in [3.05, 3.63) is 23.3 Å². The highest BCUT2D eigenvalue weighted by atomic mass is 16.5. The monoisotopic (exact) mass is 248 g/mol. The molecule has 0 spiro atoms. The molecule has 4 heteroatoms.